The van der Waals surface area contributed by atoms with Gasteiger partial charge in [0.25, 0.3) is 0 Å². The van der Waals surface area contributed by atoms with Crippen molar-refractivity contribution >= 4 is 16.9 Å². The summed E-state index contributed by atoms with van der Waals surface area (Å²) in [6.07, 6.45) is 5.21. The van der Waals surface area contributed by atoms with E-state index in [1.54, 1.807) is 18.6 Å². The van der Waals surface area contributed by atoms with Crippen LogP contribution in [0.25, 0.3) is 11.0 Å². The van der Waals surface area contributed by atoms with Gasteiger partial charge >= 0.3 is 0 Å². The first-order valence-electron chi connectivity index (χ1n) is 8.83. The maximum Gasteiger partial charge on any atom is 0.242 e. The molecule has 0 saturated carbocycles. The van der Waals surface area contributed by atoms with E-state index in [0.717, 1.165) is 30.4 Å². The first kappa shape index (κ1) is 16.5. The standard InChI is InChI=1S/C19H21N5O2/c1-14-20-9-8-18(22-14)26-15-5-4-10-23(11-15)19(25)12-24-13-21-16-6-2-3-7-17(16)24/h2-3,6-9,13,15H,4-5,10-12H2,1H3. The molecule has 1 aliphatic heterocycles. The van der Waals surface area contributed by atoms with E-state index in [1.165, 1.54) is 0 Å². The number of amides is 1. The van der Waals surface area contributed by atoms with Gasteiger partial charge in [0.2, 0.25) is 11.8 Å². The van der Waals surface area contributed by atoms with Gasteiger partial charge in [0, 0.05) is 18.8 Å². The van der Waals surface area contributed by atoms with Crippen LogP contribution in [0.5, 0.6) is 5.88 Å². The Morgan fingerprint density at radius 2 is 2.15 bits per heavy atom. The van der Waals surface area contributed by atoms with Crippen LogP contribution in [0.2, 0.25) is 0 Å². The number of benzene rings is 1. The third-order valence-electron chi connectivity index (χ3n) is 4.60. The highest BCUT2D eigenvalue weighted by Crippen LogP contribution is 2.18. The number of hydrogen-bond acceptors (Lipinski definition) is 5. The Morgan fingerprint density at radius 1 is 1.27 bits per heavy atom. The Kier molecular flexibility index (Phi) is 4.51. The maximum atomic E-state index is 12.8. The minimum atomic E-state index is -0.0402. The Morgan fingerprint density at radius 3 is 3.04 bits per heavy atom. The zero-order valence-corrected chi connectivity index (χ0v) is 14.7. The molecule has 0 N–H and O–H groups in total. The molecule has 0 spiro atoms. The maximum absolute atomic E-state index is 12.8. The Balaban J connectivity index is 1.41. The van der Waals surface area contributed by atoms with Crippen molar-refractivity contribution in [1.82, 2.24) is 24.4 Å². The van der Waals surface area contributed by atoms with E-state index in [9.17, 15) is 4.79 Å². The first-order valence-corrected chi connectivity index (χ1v) is 8.83. The van der Waals surface area contributed by atoms with Crippen molar-refractivity contribution in [2.45, 2.75) is 32.4 Å². The first-order chi connectivity index (χ1) is 12.7. The molecule has 4 rings (SSSR count). The molecule has 7 nitrogen and oxygen atoms in total. The Bertz CT molecular complexity index is 923. The van der Waals surface area contributed by atoms with Crippen molar-refractivity contribution in [3.8, 4) is 5.88 Å². The number of para-hydroxylation sites is 2. The summed E-state index contributed by atoms with van der Waals surface area (Å²) in [5, 5.41) is 0. The van der Waals surface area contributed by atoms with Crippen LogP contribution in [0.15, 0.2) is 42.9 Å². The number of fused-ring (bicyclic) bond motifs is 1. The van der Waals surface area contributed by atoms with Gasteiger partial charge in [0.15, 0.2) is 0 Å². The van der Waals surface area contributed by atoms with Crippen LogP contribution in [0.1, 0.15) is 18.7 Å². The van der Waals surface area contributed by atoms with Gasteiger partial charge in [0.05, 0.1) is 23.9 Å². The fourth-order valence-electron chi connectivity index (χ4n) is 3.31. The number of piperidine rings is 1. The summed E-state index contributed by atoms with van der Waals surface area (Å²) in [5.74, 6) is 1.33. The Hall–Kier alpha value is -2.96. The SMILES string of the molecule is Cc1nccc(OC2CCCN(C(=O)Cn3cnc4ccccc43)C2)n1. The summed E-state index contributed by atoms with van der Waals surface area (Å²) in [6.45, 7) is 3.46. The molecule has 26 heavy (non-hydrogen) atoms. The molecule has 1 aliphatic rings. The molecule has 3 aromatic rings. The number of imidazole rings is 1. The van der Waals surface area contributed by atoms with Gasteiger partial charge in [-0.15, -0.1) is 0 Å². The Labute approximate surface area is 151 Å². The number of carbonyl (C=O) groups excluding carboxylic acids is 1. The zero-order valence-electron chi connectivity index (χ0n) is 14.7. The molecule has 0 radical (unpaired) electrons. The van der Waals surface area contributed by atoms with E-state index >= 15 is 0 Å². The fraction of sp³-hybridized carbons (Fsp3) is 0.368. The molecule has 1 unspecified atom stereocenters. The third kappa shape index (κ3) is 3.51. The molecule has 1 atom stereocenters. The van der Waals surface area contributed by atoms with Crippen LogP contribution >= 0.6 is 0 Å². The van der Waals surface area contributed by atoms with E-state index in [4.69, 9.17) is 4.74 Å². The molecular weight excluding hydrogens is 330 g/mol. The summed E-state index contributed by atoms with van der Waals surface area (Å²) in [7, 11) is 0. The van der Waals surface area contributed by atoms with E-state index in [1.807, 2.05) is 40.7 Å². The predicted octanol–water partition coefficient (Wildman–Crippen LogP) is 2.20. The molecule has 0 bridgehead atoms. The highest BCUT2D eigenvalue weighted by Gasteiger charge is 2.25. The van der Waals surface area contributed by atoms with Crippen molar-refractivity contribution in [1.29, 1.82) is 0 Å². The molecule has 1 amide bonds. The smallest absolute Gasteiger partial charge is 0.242 e. The van der Waals surface area contributed by atoms with Crippen molar-refractivity contribution in [3.05, 3.63) is 48.7 Å². The predicted molar refractivity (Wildman–Crippen MR) is 96.7 cm³/mol. The second-order valence-corrected chi connectivity index (χ2v) is 6.53. The average Bonchev–Trinajstić information content (AvgIpc) is 3.05. The molecule has 134 valence electrons. The quantitative estimate of drug-likeness (QED) is 0.720. The lowest BCUT2D eigenvalue weighted by molar-refractivity contribution is -0.134. The summed E-state index contributed by atoms with van der Waals surface area (Å²) < 4.78 is 7.86. The minimum Gasteiger partial charge on any atom is -0.472 e. The largest absolute Gasteiger partial charge is 0.472 e. The van der Waals surface area contributed by atoms with E-state index in [-0.39, 0.29) is 12.0 Å². The monoisotopic (exact) mass is 351 g/mol. The molecule has 1 fully saturated rings. The van der Waals surface area contributed by atoms with E-state index in [2.05, 4.69) is 15.0 Å². The fourth-order valence-corrected chi connectivity index (χ4v) is 3.31. The van der Waals surface area contributed by atoms with Crippen molar-refractivity contribution in [2.75, 3.05) is 13.1 Å². The lowest BCUT2D eigenvalue weighted by Crippen LogP contribution is -2.45. The number of hydrogen-bond donors (Lipinski definition) is 0. The second-order valence-electron chi connectivity index (χ2n) is 6.53. The van der Waals surface area contributed by atoms with E-state index < -0.39 is 0 Å². The van der Waals surface area contributed by atoms with Gasteiger partial charge in [-0.2, -0.15) is 4.98 Å². The van der Waals surface area contributed by atoms with E-state index in [0.29, 0.717) is 24.8 Å². The summed E-state index contributed by atoms with van der Waals surface area (Å²) in [6, 6.07) is 9.59. The van der Waals surface area contributed by atoms with Gasteiger partial charge in [-0.25, -0.2) is 9.97 Å². The van der Waals surface area contributed by atoms with Crippen LogP contribution in [0.3, 0.4) is 0 Å². The van der Waals surface area contributed by atoms with Crippen LogP contribution in [0, 0.1) is 6.92 Å². The molecule has 7 heteroatoms. The van der Waals surface area contributed by atoms with Gasteiger partial charge in [0.1, 0.15) is 18.5 Å². The third-order valence-corrected chi connectivity index (χ3v) is 4.60. The van der Waals surface area contributed by atoms with Crippen molar-refractivity contribution < 1.29 is 9.53 Å². The lowest BCUT2D eigenvalue weighted by atomic mass is 10.1. The number of likely N-dealkylation sites (tertiary alicyclic amines) is 1. The number of rotatable bonds is 4. The normalized spacial score (nSPS) is 17.4. The number of nitrogens with zero attached hydrogens (tertiary/aromatic N) is 5. The van der Waals surface area contributed by atoms with Crippen molar-refractivity contribution in [3.63, 3.8) is 0 Å². The van der Waals surface area contributed by atoms with Gasteiger partial charge in [-0.05, 0) is 31.9 Å². The summed E-state index contributed by atoms with van der Waals surface area (Å²) >= 11 is 0. The average molecular weight is 351 g/mol. The number of ether oxygens (including phenoxy) is 1. The minimum absolute atomic E-state index is 0.0402. The molecule has 2 aromatic heterocycles. The van der Waals surface area contributed by atoms with Crippen LogP contribution in [0.4, 0.5) is 0 Å². The molecule has 0 aliphatic carbocycles. The highest BCUT2D eigenvalue weighted by atomic mass is 16.5. The van der Waals surface area contributed by atoms with Gasteiger partial charge in [-0.3, -0.25) is 4.79 Å². The van der Waals surface area contributed by atoms with Crippen LogP contribution in [-0.4, -0.2) is 49.5 Å². The molecule has 3 heterocycles. The number of aryl methyl sites for hydroxylation is 1. The molecule has 1 saturated heterocycles. The van der Waals surface area contributed by atoms with Gasteiger partial charge in [-0.1, -0.05) is 12.1 Å². The lowest BCUT2D eigenvalue weighted by Gasteiger charge is -2.32. The number of aromatic nitrogens is 4. The van der Waals surface area contributed by atoms with Gasteiger partial charge < -0.3 is 14.2 Å². The summed E-state index contributed by atoms with van der Waals surface area (Å²) in [5.41, 5.74) is 1.88. The number of carbonyl (C=O) groups is 1. The summed E-state index contributed by atoms with van der Waals surface area (Å²) in [4.78, 5) is 27.3. The second kappa shape index (κ2) is 7.11. The van der Waals surface area contributed by atoms with Crippen LogP contribution in [-0.2, 0) is 11.3 Å². The molecule has 1 aromatic carbocycles. The van der Waals surface area contributed by atoms with Crippen molar-refractivity contribution in [2.24, 2.45) is 0 Å². The zero-order chi connectivity index (χ0) is 17.9. The van der Waals surface area contributed by atoms with Crippen LogP contribution < -0.4 is 4.74 Å². The topological polar surface area (TPSA) is 73.1 Å². The molecular formula is C19H21N5O2. The highest BCUT2D eigenvalue weighted by molar-refractivity contribution is 5.80.